The van der Waals surface area contributed by atoms with Gasteiger partial charge in [-0.2, -0.15) is 0 Å². The van der Waals surface area contributed by atoms with Gasteiger partial charge in [-0.05, 0) is 82.4 Å². The summed E-state index contributed by atoms with van der Waals surface area (Å²) in [4.78, 5) is 15.4. The lowest BCUT2D eigenvalue weighted by Gasteiger charge is -2.54. The van der Waals surface area contributed by atoms with E-state index in [9.17, 15) is 4.79 Å². The fourth-order valence-electron chi connectivity index (χ4n) is 7.35. The highest BCUT2D eigenvalue weighted by atomic mass is 28.4. The maximum Gasteiger partial charge on any atom is 0.192 e. The van der Waals surface area contributed by atoms with Crippen molar-refractivity contribution in [1.82, 2.24) is 4.90 Å². The molecule has 4 nitrogen and oxygen atoms in total. The lowest BCUT2D eigenvalue weighted by atomic mass is 9.60. The summed E-state index contributed by atoms with van der Waals surface area (Å²) in [6.07, 6.45) is 11.9. The SMILES string of the molecule is CN(C)[C@@H]1CC(=O)C2=CC3=CC[C@]4(C)[C@@H](O[Si](C)(C)C(C)(C)C)CC[C@H]4[C@@]34CC[C@]2(C1)O4. The highest BCUT2D eigenvalue weighted by Crippen LogP contribution is 2.67. The molecule has 0 radical (unpaired) electrons. The zero-order chi connectivity index (χ0) is 23.3. The number of Topliss-reactive ketones (excluding diaryl/α,β-unsaturated/α-hetero) is 1. The molecule has 2 spiro atoms. The van der Waals surface area contributed by atoms with E-state index in [1.165, 1.54) is 5.57 Å². The van der Waals surface area contributed by atoms with Crippen LogP contribution in [-0.4, -0.2) is 56.4 Å². The van der Waals surface area contributed by atoms with Gasteiger partial charge in [-0.25, -0.2) is 0 Å². The fraction of sp³-hybridized carbons (Fsp3) is 0.815. The van der Waals surface area contributed by atoms with E-state index in [0.29, 0.717) is 24.2 Å². The number of allylic oxidation sites excluding steroid dienone is 1. The van der Waals surface area contributed by atoms with E-state index in [4.69, 9.17) is 9.16 Å². The standard InChI is InChI=1S/C27H43NO3Si/c1-24(2,3)32(7,8)30-23-10-9-22-25(23,4)12-11-18-15-20-21(29)16-19(28(5)6)17-26(20)13-14-27(18,22)31-26/h11,15,19,22-23H,9-10,12-14,16-17H2,1-8H3/t19-,22-,23+,25+,26-,27-/m1/s1. The average Bonchev–Trinajstić information content (AvgIpc) is 3.16. The molecule has 6 atom stereocenters. The van der Waals surface area contributed by atoms with Crippen molar-refractivity contribution in [3.05, 3.63) is 23.3 Å². The summed E-state index contributed by atoms with van der Waals surface area (Å²) in [5.41, 5.74) is 1.77. The van der Waals surface area contributed by atoms with E-state index in [0.717, 1.165) is 44.1 Å². The van der Waals surface area contributed by atoms with Gasteiger partial charge in [-0.3, -0.25) is 4.79 Å². The Morgan fingerprint density at radius 3 is 2.56 bits per heavy atom. The third-order valence-electron chi connectivity index (χ3n) is 10.4. The summed E-state index contributed by atoms with van der Waals surface area (Å²) in [7, 11) is 2.35. The van der Waals surface area contributed by atoms with Gasteiger partial charge < -0.3 is 14.1 Å². The number of carbonyl (C=O) groups is 1. The maximum absolute atomic E-state index is 13.2. The first-order valence-electron chi connectivity index (χ1n) is 12.7. The predicted octanol–water partition coefficient (Wildman–Crippen LogP) is 5.64. The fourth-order valence-corrected chi connectivity index (χ4v) is 8.80. The van der Waals surface area contributed by atoms with Crippen molar-refractivity contribution >= 4 is 14.1 Å². The molecule has 0 aromatic rings. The number of ether oxygens (including phenoxy) is 1. The number of hydrogen-bond donors (Lipinski definition) is 0. The zero-order valence-electron chi connectivity index (χ0n) is 21.5. The van der Waals surface area contributed by atoms with Crippen molar-refractivity contribution in [2.24, 2.45) is 11.3 Å². The topological polar surface area (TPSA) is 38.8 Å². The van der Waals surface area contributed by atoms with Crippen LogP contribution in [-0.2, 0) is 14.0 Å². The lowest BCUT2D eigenvalue weighted by molar-refractivity contribution is -0.152. The summed E-state index contributed by atoms with van der Waals surface area (Å²) in [5, 5.41) is 0.218. The molecule has 2 aliphatic heterocycles. The van der Waals surface area contributed by atoms with Gasteiger partial charge in [0.05, 0.1) is 17.3 Å². The van der Waals surface area contributed by atoms with Gasteiger partial charge in [-0.1, -0.05) is 33.8 Å². The number of hydrogen-bond acceptors (Lipinski definition) is 4. The second-order valence-corrected chi connectivity index (χ2v) is 18.1. The van der Waals surface area contributed by atoms with Crippen LogP contribution < -0.4 is 0 Å². The first kappa shape index (κ1) is 23.0. The van der Waals surface area contributed by atoms with Crippen LogP contribution in [0.15, 0.2) is 23.3 Å². The van der Waals surface area contributed by atoms with Crippen LogP contribution >= 0.6 is 0 Å². The summed E-state index contributed by atoms with van der Waals surface area (Å²) in [6, 6.07) is 0.272. The van der Waals surface area contributed by atoms with Crippen LogP contribution in [0, 0.1) is 11.3 Å². The second-order valence-electron chi connectivity index (χ2n) is 13.4. The van der Waals surface area contributed by atoms with Crippen molar-refractivity contribution in [3.63, 3.8) is 0 Å². The third-order valence-corrected chi connectivity index (χ3v) is 14.9. The summed E-state index contributed by atoms with van der Waals surface area (Å²) in [5.74, 6) is 0.766. The van der Waals surface area contributed by atoms with Crippen molar-refractivity contribution < 1.29 is 14.0 Å². The molecule has 0 amide bonds. The smallest absolute Gasteiger partial charge is 0.192 e. The molecule has 3 fully saturated rings. The molecule has 0 aromatic carbocycles. The lowest BCUT2D eigenvalue weighted by Crippen LogP contribution is -2.58. The number of ketones is 1. The Morgan fingerprint density at radius 2 is 1.91 bits per heavy atom. The Bertz CT molecular complexity index is 899. The molecule has 5 aliphatic rings. The highest BCUT2D eigenvalue weighted by Gasteiger charge is 2.68. The van der Waals surface area contributed by atoms with E-state index in [1.54, 1.807) is 0 Å². The second kappa shape index (κ2) is 6.90. The van der Waals surface area contributed by atoms with E-state index in [-0.39, 0.29) is 27.7 Å². The largest absolute Gasteiger partial charge is 0.413 e. The van der Waals surface area contributed by atoms with E-state index in [2.05, 4.69) is 71.9 Å². The van der Waals surface area contributed by atoms with Crippen molar-refractivity contribution in [2.45, 2.75) is 114 Å². The molecule has 5 heteroatoms. The molecule has 3 aliphatic carbocycles. The number of nitrogens with zero attached hydrogens (tertiary/aromatic N) is 1. The summed E-state index contributed by atoms with van der Waals surface area (Å²) < 4.78 is 14.3. The van der Waals surface area contributed by atoms with Crippen molar-refractivity contribution in [2.75, 3.05) is 14.1 Å². The van der Waals surface area contributed by atoms with Gasteiger partial charge in [0.2, 0.25) is 0 Å². The first-order valence-corrected chi connectivity index (χ1v) is 15.7. The van der Waals surface area contributed by atoms with Gasteiger partial charge in [-0.15, -0.1) is 0 Å². The Morgan fingerprint density at radius 1 is 1.19 bits per heavy atom. The van der Waals surface area contributed by atoms with Gasteiger partial charge in [0, 0.05) is 29.4 Å². The third kappa shape index (κ3) is 3.00. The molecular weight excluding hydrogens is 414 g/mol. The summed E-state index contributed by atoms with van der Waals surface area (Å²) >= 11 is 0. The quantitative estimate of drug-likeness (QED) is 0.514. The molecule has 0 N–H and O–H groups in total. The molecular formula is C27H43NO3Si. The molecule has 0 unspecified atom stereocenters. The van der Waals surface area contributed by atoms with Crippen molar-refractivity contribution in [3.8, 4) is 0 Å². The minimum absolute atomic E-state index is 0.107. The van der Waals surface area contributed by atoms with Crippen LogP contribution in [0.4, 0.5) is 0 Å². The van der Waals surface area contributed by atoms with Gasteiger partial charge in [0.1, 0.15) is 0 Å². The van der Waals surface area contributed by atoms with Crippen LogP contribution in [0.3, 0.4) is 0 Å². The number of rotatable bonds is 3. The normalized spacial score (nSPS) is 43.5. The molecule has 2 bridgehead atoms. The van der Waals surface area contributed by atoms with E-state index < -0.39 is 8.32 Å². The van der Waals surface area contributed by atoms with E-state index in [1.807, 2.05) is 0 Å². The molecule has 1 saturated heterocycles. The molecule has 2 saturated carbocycles. The van der Waals surface area contributed by atoms with Crippen LogP contribution in [0.1, 0.15) is 72.6 Å². The Labute approximate surface area is 195 Å². The van der Waals surface area contributed by atoms with Gasteiger partial charge >= 0.3 is 0 Å². The molecule has 178 valence electrons. The zero-order valence-corrected chi connectivity index (χ0v) is 22.5. The first-order chi connectivity index (χ1) is 14.7. The average molecular weight is 458 g/mol. The van der Waals surface area contributed by atoms with Crippen molar-refractivity contribution in [1.29, 1.82) is 0 Å². The monoisotopic (exact) mass is 457 g/mol. The molecule has 32 heavy (non-hydrogen) atoms. The molecule has 0 aromatic heterocycles. The maximum atomic E-state index is 13.2. The van der Waals surface area contributed by atoms with Gasteiger partial charge in [0.15, 0.2) is 14.1 Å². The predicted molar refractivity (Wildman–Crippen MR) is 131 cm³/mol. The van der Waals surface area contributed by atoms with Crippen LogP contribution in [0.5, 0.6) is 0 Å². The van der Waals surface area contributed by atoms with E-state index >= 15 is 0 Å². The number of fused-ring (bicyclic) bond motifs is 1. The molecule has 5 rings (SSSR count). The van der Waals surface area contributed by atoms with Crippen LogP contribution in [0.2, 0.25) is 18.1 Å². The Hall–Kier alpha value is -0.753. The Balaban J connectivity index is 1.50. The van der Waals surface area contributed by atoms with Crippen LogP contribution in [0.25, 0.3) is 0 Å². The summed E-state index contributed by atoms with van der Waals surface area (Å²) in [6.45, 7) is 14.3. The minimum atomic E-state index is -1.84. The van der Waals surface area contributed by atoms with Gasteiger partial charge in [0.25, 0.3) is 0 Å². The minimum Gasteiger partial charge on any atom is -0.413 e. The Kier molecular flexibility index (Phi) is 4.96. The molecule has 2 heterocycles. The number of carbonyl (C=O) groups excluding carboxylic acids is 1. The highest BCUT2D eigenvalue weighted by molar-refractivity contribution is 6.74.